The summed E-state index contributed by atoms with van der Waals surface area (Å²) >= 11 is 0. The predicted octanol–water partition coefficient (Wildman–Crippen LogP) is -1.96. The highest BCUT2D eigenvalue weighted by atomic mass is 16.2. The topological polar surface area (TPSA) is 85.0 Å². The van der Waals surface area contributed by atoms with Gasteiger partial charge in [-0.25, -0.2) is 4.79 Å². The molecular weight excluding hydrogens is 274 g/mol. The Kier molecular flexibility index (Phi) is 3.58. The standard InChI is InChI=1S/C13H21N5O3/c1-16-4-6-17(7-5-16)10(19)8-18-11(20)13(15-12(18)21)2-3-14-9-13/h14H,2-9H2,1H3,(H,15,21). The molecule has 116 valence electrons. The number of carbonyl (C=O) groups is 3. The van der Waals surface area contributed by atoms with E-state index in [-0.39, 0.29) is 18.4 Å². The van der Waals surface area contributed by atoms with Crippen LogP contribution in [0.3, 0.4) is 0 Å². The molecule has 0 bridgehead atoms. The lowest BCUT2D eigenvalue weighted by Gasteiger charge is -2.33. The summed E-state index contributed by atoms with van der Waals surface area (Å²) in [6.07, 6.45) is 0.580. The normalized spacial score (nSPS) is 30.3. The Balaban J connectivity index is 1.63. The maximum Gasteiger partial charge on any atom is 0.325 e. The zero-order valence-corrected chi connectivity index (χ0v) is 12.2. The van der Waals surface area contributed by atoms with E-state index in [1.165, 1.54) is 0 Å². The summed E-state index contributed by atoms with van der Waals surface area (Å²) in [4.78, 5) is 41.6. The number of likely N-dealkylation sites (N-methyl/N-ethyl adjacent to an activating group) is 1. The van der Waals surface area contributed by atoms with Crippen LogP contribution in [0, 0.1) is 0 Å². The fourth-order valence-electron chi connectivity index (χ4n) is 3.09. The highest BCUT2D eigenvalue weighted by Crippen LogP contribution is 2.24. The number of rotatable bonds is 2. The van der Waals surface area contributed by atoms with E-state index >= 15 is 0 Å². The molecule has 0 aromatic heterocycles. The molecule has 3 rings (SSSR count). The first-order chi connectivity index (χ1) is 10.0. The number of hydrogen-bond donors (Lipinski definition) is 2. The van der Waals surface area contributed by atoms with Gasteiger partial charge < -0.3 is 20.4 Å². The summed E-state index contributed by atoms with van der Waals surface area (Å²) in [6.45, 7) is 3.91. The number of imide groups is 1. The van der Waals surface area contributed by atoms with Crippen molar-refractivity contribution in [2.24, 2.45) is 0 Å². The lowest BCUT2D eigenvalue weighted by Crippen LogP contribution is -2.52. The van der Waals surface area contributed by atoms with Gasteiger partial charge in [0, 0.05) is 32.7 Å². The lowest BCUT2D eigenvalue weighted by atomic mass is 9.99. The van der Waals surface area contributed by atoms with Gasteiger partial charge in [-0.1, -0.05) is 0 Å². The van der Waals surface area contributed by atoms with Crippen molar-refractivity contribution in [3.05, 3.63) is 0 Å². The van der Waals surface area contributed by atoms with E-state index in [0.717, 1.165) is 18.0 Å². The summed E-state index contributed by atoms with van der Waals surface area (Å²) in [6, 6.07) is -0.453. The van der Waals surface area contributed by atoms with E-state index in [0.29, 0.717) is 32.6 Å². The smallest absolute Gasteiger partial charge is 0.325 e. The van der Waals surface area contributed by atoms with Crippen molar-refractivity contribution in [2.45, 2.75) is 12.0 Å². The molecule has 8 heteroatoms. The SMILES string of the molecule is CN1CCN(C(=O)CN2C(=O)NC3(CCNC3)C2=O)CC1. The Morgan fingerprint density at radius 1 is 1.24 bits per heavy atom. The first kappa shape index (κ1) is 14.3. The third-order valence-electron chi connectivity index (χ3n) is 4.55. The molecule has 1 spiro atoms. The Bertz CT molecular complexity index is 466. The maximum atomic E-state index is 12.4. The predicted molar refractivity (Wildman–Crippen MR) is 74.5 cm³/mol. The van der Waals surface area contributed by atoms with Crippen LogP contribution >= 0.6 is 0 Å². The van der Waals surface area contributed by atoms with Gasteiger partial charge in [-0.05, 0) is 20.0 Å². The van der Waals surface area contributed by atoms with Gasteiger partial charge in [-0.15, -0.1) is 0 Å². The zero-order chi connectivity index (χ0) is 15.0. The maximum absolute atomic E-state index is 12.4. The second kappa shape index (κ2) is 5.27. The summed E-state index contributed by atoms with van der Waals surface area (Å²) in [5, 5.41) is 5.83. The van der Waals surface area contributed by atoms with Gasteiger partial charge in [0.2, 0.25) is 5.91 Å². The molecule has 0 radical (unpaired) electrons. The van der Waals surface area contributed by atoms with Gasteiger partial charge in [0.25, 0.3) is 5.91 Å². The molecule has 3 fully saturated rings. The van der Waals surface area contributed by atoms with Crippen molar-refractivity contribution in [1.29, 1.82) is 0 Å². The highest BCUT2D eigenvalue weighted by Gasteiger charge is 2.53. The molecule has 8 nitrogen and oxygen atoms in total. The molecule has 3 aliphatic heterocycles. The number of piperazine rings is 1. The van der Waals surface area contributed by atoms with Gasteiger partial charge in [0.15, 0.2) is 0 Å². The van der Waals surface area contributed by atoms with Crippen LogP contribution in [-0.2, 0) is 9.59 Å². The minimum atomic E-state index is -0.834. The number of amides is 4. The van der Waals surface area contributed by atoms with Gasteiger partial charge >= 0.3 is 6.03 Å². The van der Waals surface area contributed by atoms with Crippen LogP contribution in [0.5, 0.6) is 0 Å². The third-order valence-corrected chi connectivity index (χ3v) is 4.55. The first-order valence-electron chi connectivity index (χ1n) is 7.33. The van der Waals surface area contributed by atoms with Crippen molar-refractivity contribution < 1.29 is 14.4 Å². The summed E-state index contributed by atoms with van der Waals surface area (Å²) in [5.41, 5.74) is -0.834. The van der Waals surface area contributed by atoms with Gasteiger partial charge in [-0.2, -0.15) is 0 Å². The molecule has 2 N–H and O–H groups in total. The van der Waals surface area contributed by atoms with Crippen molar-refractivity contribution in [3.63, 3.8) is 0 Å². The zero-order valence-electron chi connectivity index (χ0n) is 12.2. The fourth-order valence-corrected chi connectivity index (χ4v) is 3.09. The molecule has 3 heterocycles. The molecule has 21 heavy (non-hydrogen) atoms. The van der Waals surface area contributed by atoms with Crippen LogP contribution in [0.15, 0.2) is 0 Å². The Labute approximate surface area is 123 Å². The molecule has 0 aliphatic carbocycles. The van der Waals surface area contributed by atoms with Crippen molar-refractivity contribution in [1.82, 2.24) is 25.3 Å². The number of urea groups is 1. The molecule has 0 aromatic carbocycles. The Morgan fingerprint density at radius 2 is 1.95 bits per heavy atom. The van der Waals surface area contributed by atoms with Crippen molar-refractivity contribution in [2.75, 3.05) is 52.9 Å². The summed E-state index contributed by atoms with van der Waals surface area (Å²) in [5.74, 6) is -0.436. The van der Waals surface area contributed by atoms with E-state index in [1.54, 1.807) is 4.90 Å². The van der Waals surface area contributed by atoms with E-state index in [2.05, 4.69) is 15.5 Å². The average Bonchev–Trinajstić information content (AvgIpc) is 3.01. The van der Waals surface area contributed by atoms with Crippen LogP contribution < -0.4 is 10.6 Å². The Hall–Kier alpha value is -1.67. The molecule has 4 amide bonds. The number of nitrogens with one attached hydrogen (secondary N) is 2. The fraction of sp³-hybridized carbons (Fsp3) is 0.769. The third kappa shape index (κ3) is 2.49. The Morgan fingerprint density at radius 3 is 2.57 bits per heavy atom. The van der Waals surface area contributed by atoms with E-state index in [1.807, 2.05) is 7.05 Å². The molecule has 3 saturated heterocycles. The quantitative estimate of drug-likeness (QED) is 0.578. The lowest BCUT2D eigenvalue weighted by molar-refractivity contribution is -0.139. The summed E-state index contributed by atoms with van der Waals surface area (Å²) in [7, 11) is 2.01. The van der Waals surface area contributed by atoms with Crippen LogP contribution in [0.4, 0.5) is 4.79 Å². The van der Waals surface area contributed by atoms with E-state index < -0.39 is 11.6 Å². The van der Waals surface area contributed by atoms with Gasteiger partial charge in [0.1, 0.15) is 12.1 Å². The number of hydrogen-bond acceptors (Lipinski definition) is 5. The minimum Gasteiger partial charge on any atom is -0.339 e. The molecule has 3 aliphatic rings. The molecule has 0 saturated carbocycles. The van der Waals surface area contributed by atoms with Crippen LogP contribution in [0.2, 0.25) is 0 Å². The second-order valence-electron chi connectivity index (χ2n) is 6.01. The monoisotopic (exact) mass is 295 g/mol. The molecule has 1 atom stereocenters. The van der Waals surface area contributed by atoms with Gasteiger partial charge in [0.05, 0.1) is 0 Å². The second-order valence-corrected chi connectivity index (χ2v) is 6.01. The molecule has 0 aromatic rings. The van der Waals surface area contributed by atoms with Crippen molar-refractivity contribution >= 4 is 17.8 Å². The van der Waals surface area contributed by atoms with Crippen LogP contribution in [0.1, 0.15) is 6.42 Å². The highest BCUT2D eigenvalue weighted by molar-refractivity contribution is 6.09. The summed E-state index contributed by atoms with van der Waals surface area (Å²) < 4.78 is 0. The number of nitrogens with zero attached hydrogens (tertiary/aromatic N) is 3. The molecule has 1 unspecified atom stereocenters. The average molecular weight is 295 g/mol. The van der Waals surface area contributed by atoms with Gasteiger partial charge in [-0.3, -0.25) is 14.5 Å². The van der Waals surface area contributed by atoms with Crippen molar-refractivity contribution in [3.8, 4) is 0 Å². The molecular formula is C13H21N5O3. The van der Waals surface area contributed by atoms with E-state index in [9.17, 15) is 14.4 Å². The van der Waals surface area contributed by atoms with Crippen LogP contribution in [-0.4, -0.2) is 90.9 Å². The van der Waals surface area contributed by atoms with E-state index in [4.69, 9.17) is 0 Å². The first-order valence-corrected chi connectivity index (χ1v) is 7.33. The number of carbonyl (C=O) groups excluding carboxylic acids is 3. The van der Waals surface area contributed by atoms with Crippen LogP contribution in [0.25, 0.3) is 0 Å². The minimum absolute atomic E-state index is 0.157. The largest absolute Gasteiger partial charge is 0.339 e.